The van der Waals surface area contributed by atoms with Crippen LogP contribution in [0.25, 0.3) is 0 Å². The van der Waals surface area contributed by atoms with Crippen molar-refractivity contribution < 1.29 is 8.42 Å². The van der Waals surface area contributed by atoms with E-state index in [0.29, 0.717) is 12.1 Å². The van der Waals surface area contributed by atoms with Crippen LogP contribution in [0, 0.1) is 0 Å². The highest BCUT2D eigenvalue weighted by Crippen LogP contribution is 2.12. The molecule has 0 atom stereocenters. The Morgan fingerprint density at radius 1 is 1.11 bits per heavy atom. The molecule has 0 radical (unpaired) electrons. The predicted molar refractivity (Wildman–Crippen MR) is 76.4 cm³/mol. The topological polar surface area (TPSA) is 58.2 Å². The molecule has 0 amide bonds. The first-order chi connectivity index (χ1) is 8.57. The number of nitrogens with one attached hydrogen (secondary N) is 2. The molecule has 0 heterocycles. The summed E-state index contributed by atoms with van der Waals surface area (Å²) in [4.78, 5) is 0. The molecule has 0 aromatic heterocycles. The Bertz CT molecular complexity index is 441. The van der Waals surface area contributed by atoms with Crippen LogP contribution in [0.5, 0.6) is 0 Å². The third kappa shape index (κ3) is 5.51. The lowest BCUT2D eigenvalue weighted by atomic mass is 10.2. The zero-order valence-corrected chi connectivity index (χ0v) is 11.9. The molecule has 2 N–H and O–H groups in total. The normalized spacial score (nSPS) is 11.4. The van der Waals surface area contributed by atoms with Gasteiger partial charge in [-0.25, -0.2) is 8.42 Å². The highest BCUT2D eigenvalue weighted by atomic mass is 32.2. The van der Waals surface area contributed by atoms with Gasteiger partial charge in [0.1, 0.15) is 0 Å². The van der Waals surface area contributed by atoms with Crippen LogP contribution in [0.4, 0.5) is 5.69 Å². The smallest absolute Gasteiger partial charge is 0.232 e. The lowest BCUT2D eigenvalue weighted by molar-refractivity contribution is 0.595. The summed E-state index contributed by atoms with van der Waals surface area (Å²) in [5.41, 5.74) is 1.84. The Hall–Kier alpha value is -1.07. The van der Waals surface area contributed by atoms with Gasteiger partial charge in [0.2, 0.25) is 10.0 Å². The average molecular weight is 270 g/mol. The van der Waals surface area contributed by atoms with Crippen molar-refractivity contribution in [1.82, 2.24) is 5.32 Å². The van der Waals surface area contributed by atoms with Crippen LogP contribution >= 0.6 is 0 Å². The van der Waals surface area contributed by atoms with Crippen molar-refractivity contribution in [2.75, 3.05) is 24.1 Å². The largest absolute Gasteiger partial charge is 0.320 e. The lowest BCUT2D eigenvalue weighted by Gasteiger charge is -2.08. The van der Waals surface area contributed by atoms with E-state index in [0.717, 1.165) is 19.4 Å². The summed E-state index contributed by atoms with van der Waals surface area (Å²) in [6.45, 7) is 2.92. The minimum atomic E-state index is -3.21. The molecule has 0 unspecified atom stereocenters. The van der Waals surface area contributed by atoms with E-state index in [4.69, 9.17) is 0 Å². The first-order valence-electron chi connectivity index (χ1n) is 6.31. The molecule has 1 rings (SSSR count). The van der Waals surface area contributed by atoms with Gasteiger partial charge in [0.25, 0.3) is 0 Å². The SMILES string of the molecule is CCc1ccc(NS(=O)(=O)CCCCNC)cc1. The maximum Gasteiger partial charge on any atom is 0.232 e. The van der Waals surface area contributed by atoms with Gasteiger partial charge in [-0.2, -0.15) is 0 Å². The number of hydrogen-bond acceptors (Lipinski definition) is 3. The minimum Gasteiger partial charge on any atom is -0.320 e. The van der Waals surface area contributed by atoms with Gasteiger partial charge in [-0.1, -0.05) is 19.1 Å². The molecule has 0 aliphatic carbocycles. The summed E-state index contributed by atoms with van der Waals surface area (Å²) < 4.78 is 26.2. The molecule has 5 heteroatoms. The van der Waals surface area contributed by atoms with Gasteiger partial charge in [-0.15, -0.1) is 0 Å². The number of aryl methyl sites for hydroxylation is 1. The molecular weight excluding hydrogens is 248 g/mol. The number of hydrogen-bond donors (Lipinski definition) is 2. The number of unbranched alkanes of at least 4 members (excludes halogenated alkanes) is 1. The van der Waals surface area contributed by atoms with E-state index < -0.39 is 10.0 Å². The molecule has 0 saturated carbocycles. The van der Waals surface area contributed by atoms with Crippen molar-refractivity contribution in [3.63, 3.8) is 0 Å². The highest BCUT2D eigenvalue weighted by molar-refractivity contribution is 7.92. The number of benzene rings is 1. The molecule has 0 aliphatic heterocycles. The highest BCUT2D eigenvalue weighted by Gasteiger charge is 2.09. The zero-order valence-electron chi connectivity index (χ0n) is 11.1. The Morgan fingerprint density at radius 2 is 1.78 bits per heavy atom. The van der Waals surface area contributed by atoms with Gasteiger partial charge in [0.05, 0.1) is 5.75 Å². The van der Waals surface area contributed by atoms with Crippen LogP contribution in [0.2, 0.25) is 0 Å². The van der Waals surface area contributed by atoms with Gasteiger partial charge in [0.15, 0.2) is 0 Å². The van der Waals surface area contributed by atoms with E-state index in [9.17, 15) is 8.42 Å². The predicted octanol–water partition coefficient (Wildman–Crippen LogP) is 1.99. The third-order valence-corrected chi connectivity index (χ3v) is 4.10. The summed E-state index contributed by atoms with van der Waals surface area (Å²) in [6.07, 6.45) is 2.49. The maximum atomic E-state index is 11.8. The van der Waals surface area contributed by atoms with Gasteiger partial charge >= 0.3 is 0 Å². The Labute approximate surface area is 110 Å². The standard InChI is InChI=1S/C13H22N2O2S/c1-3-12-6-8-13(9-7-12)15-18(16,17)11-5-4-10-14-2/h6-9,14-15H,3-5,10-11H2,1-2H3. The van der Waals surface area contributed by atoms with Crippen LogP contribution in [0.3, 0.4) is 0 Å². The molecule has 1 aromatic carbocycles. The van der Waals surface area contributed by atoms with E-state index in [1.807, 2.05) is 31.3 Å². The minimum absolute atomic E-state index is 0.171. The van der Waals surface area contributed by atoms with Gasteiger partial charge in [-0.3, -0.25) is 4.72 Å². The molecular formula is C13H22N2O2S. The second-order valence-corrected chi connectivity index (χ2v) is 6.12. The van der Waals surface area contributed by atoms with Gasteiger partial charge in [0, 0.05) is 5.69 Å². The van der Waals surface area contributed by atoms with Crippen LogP contribution in [-0.4, -0.2) is 27.8 Å². The molecule has 0 fully saturated rings. The van der Waals surface area contributed by atoms with E-state index in [1.54, 1.807) is 0 Å². The molecule has 102 valence electrons. The van der Waals surface area contributed by atoms with E-state index in [2.05, 4.69) is 17.0 Å². The van der Waals surface area contributed by atoms with Crippen molar-refractivity contribution in [2.24, 2.45) is 0 Å². The second-order valence-electron chi connectivity index (χ2n) is 4.28. The molecule has 0 aliphatic rings. The molecule has 18 heavy (non-hydrogen) atoms. The van der Waals surface area contributed by atoms with Crippen molar-refractivity contribution in [3.8, 4) is 0 Å². The first-order valence-corrected chi connectivity index (χ1v) is 7.96. The fourth-order valence-electron chi connectivity index (χ4n) is 1.63. The summed E-state index contributed by atoms with van der Waals surface area (Å²) in [6, 6.07) is 7.51. The summed E-state index contributed by atoms with van der Waals surface area (Å²) in [5, 5.41) is 3.00. The van der Waals surface area contributed by atoms with Gasteiger partial charge < -0.3 is 5.32 Å². The molecule has 1 aromatic rings. The molecule has 4 nitrogen and oxygen atoms in total. The molecule has 0 saturated heterocycles. The number of rotatable bonds is 8. The second kappa shape index (κ2) is 7.38. The average Bonchev–Trinajstić information content (AvgIpc) is 2.35. The molecule has 0 spiro atoms. The van der Waals surface area contributed by atoms with E-state index >= 15 is 0 Å². The van der Waals surface area contributed by atoms with Crippen molar-refractivity contribution in [3.05, 3.63) is 29.8 Å². The molecule has 0 bridgehead atoms. The Morgan fingerprint density at radius 3 is 2.33 bits per heavy atom. The van der Waals surface area contributed by atoms with E-state index in [-0.39, 0.29) is 5.75 Å². The van der Waals surface area contributed by atoms with Crippen molar-refractivity contribution >= 4 is 15.7 Å². The van der Waals surface area contributed by atoms with Crippen LogP contribution in [-0.2, 0) is 16.4 Å². The Kier molecular flexibility index (Phi) is 6.15. The third-order valence-electron chi connectivity index (χ3n) is 2.73. The van der Waals surface area contributed by atoms with Crippen LogP contribution < -0.4 is 10.0 Å². The fraction of sp³-hybridized carbons (Fsp3) is 0.538. The summed E-state index contributed by atoms with van der Waals surface area (Å²) in [7, 11) is -1.35. The number of anilines is 1. The van der Waals surface area contributed by atoms with Crippen LogP contribution in [0.15, 0.2) is 24.3 Å². The Balaban J connectivity index is 2.48. The summed E-state index contributed by atoms with van der Waals surface area (Å²) >= 11 is 0. The maximum absolute atomic E-state index is 11.8. The lowest BCUT2D eigenvalue weighted by Crippen LogP contribution is -2.18. The van der Waals surface area contributed by atoms with Gasteiger partial charge in [-0.05, 0) is 50.6 Å². The summed E-state index contributed by atoms with van der Waals surface area (Å²) in [5.74, 6) is 0.171. The number of sulfonamides is 1. The fourth-order valence-corrected chi connectivity index (χ4v) is 2.81. The van der Waals surface area contributed by atoms with Crippen molar-refractivity contribution in [1.29, 1.82) is 0 Å². The zero-order chi connectivity index (χ0) is 13.4. The van der Waals surface area contributed by atoms with Crippen LogP contribution in [0.1, 0.15) is 25.3 Å². The first kappa shape index (κ1) is 15.0. The van der Waals surface area contributed by atoms with E-state index in [1.165, 1.54) is 5.56 Å². The van der Waals surface area contributed by atoms with Crippen molar-refractivity contribution in [2.45, 2.75) is 26.2 Å². The monoisotopic (exact) mass is 270 g/mol. The quantitative estimate of drug-likeness (QED) is 0.710.